The third kappa shape index (κ3) is 6.77. The van der Waals surface area contributed by atoms with E-state index in [0.717, 1.165) is 0 Å². The molecule has 234 valence electrons. The van der Waals surface area contributed by atoms with Crippen LogP contribution < -0.4 is 25.8 Å². The average molecular weight is 624 g/mol. The van der Waals surface area contributed by atoms with Crippen LogP contribution in [0.25, 0.3) is 0 Å². The molecule has 3 aromatic rings. The maximum atomic E-state index is 14.5. The summed E-state index contributed by atoms with van der Waals surface area (Å²) in [5.41, 5.74) is 7.28. The zero-order chi connectivity index (χ0) is 32.2. The van der Waals surface area contributed by atoms with Gasteiger partial charge in [0.25, 0.3) is 5.91 Å². The van der Waals surface area contributed by atoms with E-state index in [1.165, 1.54) is 39.5 Å². The van der Waals surface area contributed by atoms with Gasteiger partial charge in [-0.25, -0.2) is 8.42 Å². The minimum Gasteiger partial charge on any atom is -0.493 e. The Bertz CT molecular complexity index is 1680. The van der Waals surface area contributed by atoms with E-state index in [9.17, 15) is 22.8 Å². The molecule has 44 heavy (non-hydrogen) atoms. The number of likely N-dealkylation sites (tertiary alicyclic amines) is 1. The zero-order valence-electron chi connectivity index (χ0n) is 25.3. The number of carbonyl (C=O) groups is 3. The van der Waals surface area contributed by atoms with Gasteiger partial charge < -0.3 is 30.7 Å². The molecule has 13 heteroatoms. The number of anilines is 2. The van der Waals surface area contributed by atoms with Crippen molar-refractivity contribution in [3.63, 3.8) is 0 Å². The molecule has 3 amide bonds. The molecule has 1 aliphatic rings. The van der Waals surface area contributed by atoms with Crippen molar-refractivity contribution in [2.45, 2.75) is 55.8 Å². The zero-order valence-corrected chi connectivity index (χ0v) is 26.1. The number of hydrogen-bond donors (Lipinski definition) is 3. The molecule has 12 nitrogen and oxygen atoms in total. The van der Waals surface area contributed by atoms with Crippen molar-refractivity contribution < 1.29 is 32.3 Å². The number of methoxy groups -OCH3 is 2. The SMILES string of the molecule is COc1ccc([C@H](Nc2ccnc(C(N)=O)c2)C(=O)N2CCC[C@@H]2c2cc(NC(C)=O)ccc2S(=O)(=O)C(C)C)cc1OC. The second-order valence-electron chi connectivity index (χ2n) is 10.7. The van der Waals surface area contributed by atoms with Crippen molar-refractivity contribution in [1.29, 1.82) is 0 Å². The first-order chi connectivity index (χ1) is 20.9. The molecule has 0 radical (unpaired) electrons. The van der Waals surface area contributed by atoms with Crippen LogP contribution in [-0.2, 0) is 19.4 Å². The van der Waals surface area contributed by atoms with Gasteiger partial charge >= 0.3 is 0 Å². The van der Waals surface area contributed by atoms with Gasteiger partial charge in [-0.2, -0.15) is 0 Å². The number of nitrogens with two attached hydrogens (primary N) is 1. The van der Waals surface area contributed by atoms with Gasteiger partial charge in [-0.3, -0.25) is 19.4 Å². The maximum absolute atomic E-state index is 14.5. The fourth-order valence-corrected chi connectivity index (χ4v) is 6.55. The summed E-state index contributed by atoms with van der Waals surface area (Å²) in [6.45, 7) is 4.93. The van der Waals surface area contributed by atoms with Crippen molar-refractivity contribution >= 4 is 38.9 Å². The largest absolute Gasteiger partial charge is 0.493 e. The molecule has 4 rings (SSSR count). The number of nitrogens with zero attached hydrogens (tertiary/aromatic N) is 2. The van der Waals surface area contributed by atoms with Gasteiger partial charge in [0.1, 0.15) is 11.7 Å². The lowest BCUT2D eigenvalue weighted by Crippen LogP contribution is -2.38. The number of hydrogen-bond acceptors (Lipinski definition) is 9. The Kier molecular flexibility index (Phi) is 9.78. The van der Waals surface area contributed by atoms with Crippen LogP contribution in [0.2, 0.25) is 0 Å². The Labute approximate surface area is 256 Å². The van der Waals surface area contributed by atoms with Crippen LogP contribution >= 0.6 is 0 Å². The van der Waals surface area contributed by atoms with Crippen molar-refractivity contribution in [2.24, 2.45) is 5.73 Å². The molecule has 2 heterocycles. The summed E-state index contributed by atoms with van der Waals surface area (Å²) in [7, 11) is -0.741. The molecule has 1 aromatic heterocycles. The summed E-state index contributed by atoms with van der Waals surface area (Å²) >= 11 is 0. The summed E-state index contributed by atoms with van der Waals surface area (Å²) in [6.07, 6.45) is 2.55. The number of amides is 3. The van der Waals surface area contributed by atoms with Crippen LogP contribution in [-0.4, -0.2) is 62.0 Å². The maximum Gasteiger partial charge on any atom is 0.267 e. The van der Waals surface area contributed by atoms with E-state index in [1.807, 2.05) is 0 Å². The molecule has 0 aliphatic carbocycles. The number of primary amides is 1. The van der Waals surface area contributed by atoms with Gasteiger partial charge in [-0.05, 0) is 80.3 Å². The monoisotopic (exact) mass is 623 g/mol. The summed E-state index contributed by atoms with van der Waals surface area (Å²) in [5, 5.41) is 5.24. The topological polar surface area (TPSA) is 170 Å². The van der Waals surface area contributed by atoms with Gasteiger partial charge in [-0.15, -0.1) is 0 Å². The van der Waals surface area contributed by atoms with E-state index in [2.05, 4.69) is 15.6 Å². The molecule has 1 saturated heterocycles. The van der Waals surface area contributed by atoms with Crippen molar-refractivity contribution in [1.82, 2.24) is 9.88 Å². The van der Waals surface area contributed by atoms with E-state index >= 15 is 0 Å². The summed E-state index contributed by atoms with van der Waals surface area (Å²) in [6, 6.07) is 11.3. The lowest BCUT2D eigenvalue weighted by atomic mass is 10.0. The Balaban J connectivity index is 1.83. The standard InChI is InChI=1S/C31H37N5O7S/c1-18(2)44(40,41)28-11-9-21(34-19(3)37)16-23(28)25-7-6-14-36(25)31(39)29(20-8-10-26(42-4)27(15-20)43-5)35-22-12-13-33-24(17-22)30(32)38/h8-13,15-18,25,29H,6-7,14H2,1-5H3,(H2,32,38)(H,33,35)(H,34,37)/t25-,29+/m1/s1. The number of nitrogens with one attached hydrogen (secondary N) is 2. The predicted octanol–water partition coefficient (Wildman–Crippen LogP) is 3.86. The molecule has 1 fully saturated rings. The van der Waals surface area contributed by atoms with Crippen LogP contribution in [0.3, 0.4) is 0 Å². The molecule has 4 N–H and O–H groups in total. The highest BCUT2D eigenvalue weighted by Gasteiger charge is 2.38. The van der Waals surface area contributed by atoms with Crippen LogP contribution in [0.5, 0.6) is 11.5 Å². The minimum absolute atomic E-state index is 0.0193. The summed E-state index contributed by atoms with van der Waals surface area (Å²) < 4.78 is 37.8. The Morgan fingerprint density at radius 3 is 2.36 bits per heavy atom. The fraction of sp³-hybridized carbons (Fsp3) is 0.355. The molecular formula is C31H37N5O7S. The highest BCUT2D eigenvalue weighted by Crippen LogP contribution is 2.40. The first kappa shape index (κ1) is 32.3. The Morgan fingerprint density at radius 1 is 1.00 bits per heavy atom. The fourth-order valence-electron chi connectivity index (χ4n) is 5.26. The van der Waals surface area contributed by atoms with Gasteiger partial charge in [0, 0.05) is 31.0 Å². The van der Waals surface area contributed by atoms with Crippen LogP contribution in [0.4, 0.5) is 11.4 Å². The van der Waals surface area contributed by atoms with E-state index in [-0.39, 0.29) is 22.4 Å². The van der Waals surface area contributed by atoms with E-state index < -0.39 is 33.1 Å². The Morgan fingerprint density at radius 2 is 1.73 bits per heavy atom. The molecule has 0 bridgehead atoms. The van der Waals surface area contributed by atoms with Crippen molar-refractivity contribution in [3.05, 3.63) is 71.5 Å². The normalized spacial score (nSPS) is 15.5. The Hall–Kier alpha value is -4.65. The third-order valence-electron chi connectivity index (χ3n) is 7.46. The number of pyridine rings is 1. The minimum atomic E-state index is -3.74. The van der Waals surface area contributed by atoms with Crippen LogP contribution in [0.1, 0.15) is 67.3 Å². The molecule has 0 saturated carbocycles. The van der Waals surface area contributed by atoms with Crippen molar-refractivity contribution in [2.75, 3.05) is 31.4 Å². The summed E-state index contributed by atoms with van der Waals surface area (Å²) in [4.78, 5) is 43.9. The number of benzene rings is 2. The van der Waals surface area contributed by atoms with E-state index in [1.54, 1.807) is 55.1 Å². The van der Waals surface area contributed by atoms with Gasteiger partial charge in [-0.1, -0.05) is 6.07 Å². The molecule has 1 aliphatic heterocycles. The number of carbonyl (C=O) groups excluding carboxylic acids is 3. The highest BCUT2D eigenvalue weighted by atomic mass is 32.2. The van der Waals surface area contributed by atoms with Crippen LogP contribution in [0, 0.1) is 0 Å². The molecule has 0 spiro atoms. The molecular weight excluding hydrogens is 586 g/mol. The third-order valence-corrected chi connectivity index (χ3v) is 9.69. The first-order valence-corrected chi connectivity index (χ1v) is 15.6. The van der Waals surface area contributed by atoms with E-state index in [4.69, 9.17) is 15.2 Å². The lowest BCUT2D eigenvalue weighted by molar-refractivity contribution is -0.133. The highest BCUT2D eigenvalue weighted by molar-refractivity contribution is 7.92. The smallest absolute Gasteiger partial charge is 0.267 e. The molecule has 2 aromatic carbocycles. The predicted molar refractivity (Wildman–Crippen MR) is 165 cm³/mol. The number of ether oxygens (including phenoxy) is 2. The number of sulfone groups is 1. The van der Waals surface area contributed by atoms with E-state index in [0.29, 0.717) is 53.4 Å². The van der Waals surface area contributed by atoms with Gasteiger partial charge in [0.2, 0.25) is 11.8 Å². The summed E-state index contributed by atoms with van der Waals surface area (Å²) in [5.74, 6) is -0.487. The number of aromatic nitrogens is 1. The van der Waals surface area contributed by atoms with Gasteiger partial charge in [0.05, 0.1) is 30.4 Å². The molecule has 0 unspecified atom stereocenters. The van der Waals surface area contributed by atoms with Gasteiger partial charge in [0.15, 0.2) is 21.3 Å². The van der Waals surface area contributed by atoms with Crippen LogP contribution in [0.15, 0.2) is 59.6 Å². The second-order valence-corrected chi connectivity index (χ2v) is 13.2. The quantitative estimate of drug-likeness (QED) is 0.287. The van der Waals surface area contributed by atoms with Crippen molar-refractivity contribution in [3.8, 4) is 11.5 Å². The first-order valence-electron chi connectivity index (χ1n) is 14.1. The lowest BCUT2D eigenvalue weighted by Gasteiger charge is -2.32. The average Bonchev–Trinajstić information content (AvgIpc) is 3.49. The number of rotatable bonds is 11. The molecule has 2 atom stereocenters. The second kappa shape index (κ2) is 13.3.